The summed E-state index contributed by atoms with van der Waals surface area (Å²) in [6.45, 7) is 14.5. The van der Waals surface area contributed by atoms with Crippen molar-refractivity contribution in [3.8, 4) is 5.75 Å². The molecule has 0 unspecified atom stereocenters. The van der Waals surface area contributed by atoms with Gasteiger partial charge in [0.15, 0.2) is 0 Å². The highest BCUT2D eigenvalue weighted by molar-refractivity contribution is 8.01. The highest BCUT2D eigenvalue weighted by Crippen LogP contribution is 2.35. The first-order valence-electron chi connectivity index (χ1n) is 13.0. The number of carbonyl (C=O) groups excluding carboxylic acids is 2. The number of rotatable bonds is 11. The fourth-order valence-corrected chi connectivity index (χ4v) is 4.97. The van der Waals surface area contributed by atoms with E-state index in [1.165, 1.54) is 11.8 Å². The van der Waals surface area contributed by atoms with Gasteiger partial charge in [0.05, 0.1) is 26.5 Å². The fraction of sp³-hybridized carbons (Fsp3) is 0.419. The van der Waals surface area contributed by atoms with Gasteiger partial charge in [-0.1, -0.05) is 12.1 Å². The van der Waals surface area contributed by atoms with Crippen LogP contribution in [0.25, 0.3) is 0 Å². The zero-order valence-corrected chi connectivity index (χ0v) is 25.0. The van der Waals surface area contributed by atoms with Gasteiger partial charge in [-0.05, 0) is 102 Å². The van der Waals surface area contributed by atoms with Crippen LogP contribution in [0.15, 0.2) is 64.1 Å². The van der Waals surface area contributed by atoms with Crippen molar-refractivity contribution in [3.63, 3.8) is 0 Å². The molecule has 0 aliphatic rings. The van der Waals surface area contributed by atoms with E-state index in [0.29, 0.717) is 13.1 Å². The van der Waals surface area contributed by atoms with Crippen molar-refractivity contribution in [3.05, 3.63) is 77.2 Å². The number of benzene rings is 2. The molecule has 8 heteroatoms. The number of hydrogen-bond donors (Lipinski definition) is 1. The van der Waals surface area contributed by atoms with Crippen LogP contribution in [-0.4, -0.2) is 40.8 Å². The molecule has 0 saturated carbocycles. The van der Waals surface area contributed by atoms with Crippen molar-refractivity contribution in [1.29, 1.82) is 0 Å². The number of aryl methyl sites for hydroxylation is 2. The molecular weight excluding hydrogens is 512 g/mol. The highest BCUT2D eigenvalue weighted by atomic mass is 32.2. The van der Waals surface area contributed by atoms with Crippen molar-refractivity contribution in [2.45, 2.75) is 76.8 Å². The van der Waals surface area contributed by atoms with Gasteiger partial charge in [0, 0.05) is 17.1 Å². The Morgan fingerprint density at radius 2 is 1.67 bits per heavy atom. The summed E-state index contributed by atoms with van der Waals surface area (Å²) in [5.74, 6) is 1.22. The number of hydrogen-bond acceptors (Lipinski definition) is 7. The van der Waals surface area contributed by atoms with E-state index in [-0.39, 0.29) is 18.4 Å². The Morgan fingerprint density at radius 3 is 2.26 bits per heavy atom. The molecule has 1 aromatic heterocycles. The van der Waals surface area contributed by atoms with Gasteiger partial charge in [0.25, 0.3) is 0 Å². The number of furan rings is 1. The van der Waals surface area contributed by atoms with Gasteiger partial charge in [0.1, 0.15) is 21.9 Å². The third kappa shape index (κ3) is 9.18. The number of ether oxygens (including phenoxy) is 2. The van der Waals surface area contributed by atoms with E-state index < -0.39 is 10.3 Å². The van der Waals surface area contributed by atoms with Crippen LogP contribution in [-0.2, 0) is 27.4 Å². The maximum atomic E-state index is 13.1. The molecule has 39 heavy (non-hydrogen) atoms. The molecule has 210 valence electrons. The Hall–Kier alpha value is -3.23. The first-order chi connectivity index (χ1) is 18.3. The Morgan fingerprint density at radius 1 is 0.974 bits per heavy atom. The summed E-state index contributed by atoms with van der Waals surface area (Å²) in [7, 11) is 1.64. The van der Waals surface area contributed by atoms with E-state index >= 15 is 0 Å². The third-order valence-corrected chi connectivity index (χ3v) is 7.12. The number of nitrogens with zero attached hydrogens (tertiary/aromatic N) is 1. The number of amides is 1. The Kier molecular flexibility index (Phi) is 9.91. The maximum absolute atomic E-state index is 13.1. The summed E-state index contributed by atoms with van der Waals surface area (Å²) in [6.07, 6.45) is 1.63. The van der Waals surface area contributed by atoms with Gasteiger partial charge < -0.3 is 19.2 Å². The number of anilines is 1. The second-order valence-electron chi connectivity index (χ2n) is 11.2. The molecule has 1 N–H and O–H groups in total. The standard InChI is InChI=1S/C31H40N2O5S/c1-21-17-27(36-8)22(2)16-26(21)32-28(34)20-33(19-24-10-9-15-37-24)18-23-11-13-25(14-12-23)39-31(6,7)29(35)38-30(3,4)5/h9-17H,18-20H2,1-8H3,(H,32,34). The Balaban J connectivity index is 1.69. The van der Waals surface area contributed by atoms with Crippen LogP contribution in [0.1, 0.15) is 57.1 Å². The lowest BCUT2D eigenvalue weighted by molar-refractivity contribution is -0.156. The van der Waals surface area contributed by atoms with Crippen molar-refractivity contribution in [2.75, 3.05) is 19.0 Å². The third-order valence-electron chi connectivity index (χ3n) is 5.94. The van der Waals surface area contributed by atoms with Gasteiger partial charge in [-0.25, -0.2) is 0 Å². The molecule has 2 aromatic carbocycles. The molecule has 0 fully saturated rings. The second kappa shape index (κ2) is 12.7. The second-order valence-corrected chi connectivity index (χ2v) is 12.9. The quantitative estimate of drug-likeness (QED) is 0.208. The number of carbonyl (C=O) groups is 2. The first-order valence-corrected chi connectivity index (χ1v) is 13.8. The summed E-state index contributed by atoms with van der Waals surface area (Å²) in [6, 6.07) is 15.7. The molecule has 1 heterocycles. The molecular formula is C31H40N2O5S. The SMILES string of the molecule is COc1cc(C)c(NC(=O)CN(Cc2ccc(SC(C)(C)C(=O)OC(C)(C)C)cc2)Cc2ccco2)cc1C. The van der Waals surface area contributed by atoms with Crippen LogP contribution >= 0.6 is 11.8 Å². The predicted molar refractivity (Wildman–Crippen MR) is 156 cm³/mol. The smallest absolute Gasteiger partial charge is 0.322 e. The number of esters is 1. The number of methoxy groups -OCH3 is 1. The summed E-state index contributed by atoms with van der Waals surface area (Å²) in [5.41, 5.74) is 3.17. The van der Waals surface area contributed by atoms with E-state index in [9.17, 15) is 9.59 Å². The summed E-state index contributed by atoms with van der Waals surface area (Å²) in [5, 5.41) is 3.05. The number of thioether (sulfide) groups is 1. The summed E-state index contributed by atoms with van der Waals surface area (Å²) < 4.78 is 15.8. The normalized spacial score (nSPS) is 11.9. The maximum Gasteiger partial charge on any atom is 0.322 e. The van der Waals surface area contributed by atoms with Crippen molar-refractivity contribution >= 4 is 29.3 Å². The van der Waals surface area contributed by atoms with Gasteiger partial charge >= 0.3 is 5.97 Å². The van der Waals surface area contributed by atoms with E-state index in [1.807, 2.05) is 102 Å². The molecule has 1 amide bonds. The molecule has 0 radical (unpaired) electrons. The molecule has 0 aliphatic heterocycles. The zero-order chi connectivity index (χ0) is 28.8. The first kappa shape index (κ1) is 30.3. The Labute approximate surface area is 236 Å². The van der Waals surface area contributed by atoms with Crippen LogP contribution in [0.3, 0.4) is 0 Å². The van der Waals surface area contributed by atoms with Crippen molar-refractivity contribution in [2.24, 2.45) is 0 Å². The molecule has 0 bridgehead atoms. The largest absolute Gasteiger partial charge is 0.496 e. The monoisotopic (exact) mass is 552 g/mol. The van der Waals surface area contributed by atoms with E-state index in [4.69, 9.17) is 13.9 Å². The zero-order valence-electron chi connectivity index (χ0n) is 24.2. The lowest BCUT2D eigenvalue weighted by Gasteiger charge is -2.28. The van der Waals surface area contributed by atoms with Gasteiger partial charge in [-0.3, -0.25) is 14.5 Å². The van der Waals surface area contributed by atoms with Gasteiger partial charge in [0.2, 0.25) is 5.91 Å². The van der Waals surface area contributed by atoms with Crippen molar-refractivity contribution < 1.29 is 23.5 Å². The summed E-state index contributed by atoms with van der Waals surface area (Å²) in [4.78, 5) is 28.7. The lowest BCUT2D eigenvalue weighted by Crippen LogP contribution is -2.36. The van der Waals surface area contributed by atoms with E-state index in [0.717, 1.165) is 38.8 Å². The van der Waals surface area contributed by atoms with E-state index in [2.05, 4.69) is 5.32 Å². The molecule has 7 nitrogen and oxygen atoms in total. The van der Waals surface area contributed by atoms with Crippen LogP contribution in [0.5, 0.6) is 5.75 Å². The molecule has 0 aliphatic carbocycles. The lowest BCUT2D eigenvalue weighted by atomic mass is 10.1. The van der Waals surface area contributed by atoms with E-state index in [1.54, 1.807) is 13.4 Å². The molecule has 3 aromatic rings. The van der Waals surface area contributed by atoms with Crippen LogP contribution < -0.4 is 10.1 Å². The van der Waals surface area contributed by atoms with Gasteiger partial charge in [-0.2, -0.15) is 0 Å². The molecule has 0 spiro atoms. The van der Waals surface area contributed by atoms with Crippen molar-refractivity contribution in [1.82, 2.24) is 4.90 Å². The van der Waals surface area contributed by atoms with Gasteiger partial charge in [-0.15, -0.1) is 11.8 Å². The predicted octanol–water partition coefficient (Wildman–Crippen LogP) is 6.76. The Bertz CT molecular complexity index is 1260. The highest BCUT2D eigenvalue weighted by Gasteiger charge is 2.33. The van der Waals surface area contributed by atoms with Crippen LogP contribution in [0.4, 0.5) is 5.69 Å². The molecule has 0 saturated heterocycles. The number of nitrogens with one attached hydrogen (secondary N) is 1. The minimum Gasteiger partial charge on any atom is -0.496 e. The molecule has 0 atom stereocenters. The average Bonchev–Trinajstić information content (AvgIpc) is 3.34. The minimum atomic E-state index is -0.726. The average molecular weight is 553 g/mol. The topological polar surface area (TPSA) is 81.0 Å². The fourth-order valence-electron chi connectivity index (χ4n) is 3.99. The summed E-state index contributed by atoms with van der Waals surface area (Å²) >= 11 is 1.47. The van der Waals surface area contributed by atoms with Crippen LogP contribution in [0.2, 0.25) is 0 Å². The minimum absolute atomic E-state index is 0.111. The molecule has 3 rings (SSSR count). The van der Waals surface area contributed by atoms with Crippen LogP contribution in [0, 0.1) is 13.8 Å².